The summed E-state index contributed by atoms with van der Waals surface area (Å²) >= 11 is 4.77. The highest BCUT2D eigenvalue weighted by molar-refractivity contribution is 9.10. The number of amides is 1. The van der Waals surface area contributed by atoms with E-state index in [2.05, 4.69) is 15.9 Å². The molecule has 5 rings (SSSR count). The Labute approximate surface area is 207 Å². The Hall–Kier alpha value is -3.36. The highest BCUT2D eigenvalue weighted by Crippen LogP contribution is 2.45. The zero-order valence-corrected chi connectivity index (χ0v) is 20.6. The normalized spacial score (nSPS) is 17.6. The SMILES string of the molecule is Cc1cc(C)c2nc(N3C(=O)C(=O)C(=C(O)c4ccc(F)cc4)[C@H]3c3cccc(Br)c3)sc2c1. The van der Waals surface area contributed by atoms with Gasteiger partial charge in [-0.15, -0.1) is 0 Å². The molecule has 0 radical (unpaired) electrons. The number of aliphatic hydroxyl groups excluding tert-OH is 1. The summed E-state index contributed by atoms with van der Waals surface area (Å²) in [5.74, 6) is -2.43. The summed E-state index contributed by atoms with van der Waals surface area (Å²) in [6, 6.07) is 15.5. The number of hydrogen-bond donors (Lipinski definition) is 1. The number of Topliss-reactive ketones (excluding diaryl/α,β-unsaturated/α-hetero) is 1. The van der Waals surface area contributed by atoms with Crippen molar-refractivity contribution in [2.75, 3.05) is 4.90 Å². The summed E-state index contributed by atoms with van der Waals surface area (Å²) in [5.41, 5.74) is 3.61. The predicted molar refractivity (Wildman–Crippen MR) is 134 cm³/mol. The van der Waals surface area contributed by atoms with E-state index >= 15 is 0 Å². The molecule has 0 saturated carbocycles. The first kappa shape index (κ1) is 22.4. The fourth-order valence-corrected chi connectivity index (χ4v) is 5.83. The molecule has 5 nitrogen and oxygen atoms in total. The van der Waals surface area contributed by atoms with Gasteiger partial charge in [-0.25, -0.2) is 9.37 Å². The van der Waals surface area contributed by atoms with E-state index in [-0.39, 0.29) is 16.9 Å². The molecule has 3 aromatic carbocycles. The van der Waals surface area contributed by atoms with Crippen LogP contribution in [0.2, 0.25) is 0 Å². The first-order chi connectivity index (χ1) is 16.2. The number of hydrogen-bond acceptors (Lipinski definition) is 5. The maximum absolute atomic E-state index is 13.5. The molecular formula is C26H18BrFN2O3S. The molecule has 0 bridgehead atoms. The number of benzene rings is 3. The van der Waals surface area contributed by atoms with Crippen LogP contribution in [0.5, 0.6) is 0 Å². The second-order valence-corrected chi connectivity index (χ2v) is 10.1. The van der Waals surface area contributed by atoms with Crippen molar-refractivity contribution in [3.05, 3.63) is 98.8 Å². The minimum atomic E-state index is -0.899. The van der Waals surface area contributed by atoms with Gasteiger partial charge in [0, 0.05) is 10.0 Å². The zero-order valence-electron chi connectivity index (χ0n) is 18.2. The number of aromatic nitrogens is 1. The average Bonchev–Trinajstić information content (AvgIpc) is 3.33. The van der Waals surface area contributed by atoms with Crippen molar-refractivity contribution in [2.45, 2.75) is 19.9 Å². The number of carbonyl (C=O) groups is 2. The molecule has 1 atom stereocenters. The van der Waals surface area contributed by atoms with Gasteiger partial charge in [-0.1, -0.05) is 45.5 Å². The molecule has 1 fully saturated rings. The van der Waals surface area contributed by atoms with Gasteiger partial charge in [0.15, 0.2) is 5.13 Å². The highest BCUT2D eigenvalue weighted by Gasteiger charge is 2.48. The van der Waals surface area contributed by atoms with Crippen LogP contribution in [-0.4, -0.2) is 21.8 Å². The van der Waals surface area contributed by atoms with E-state index in [0.29, 0.717) is 10.7 Å². The third kappa shape index (κ3) is 3.73. The van der Waals surface area contributed by atoms with Crippen molar-refractivity contribution in [2.24, 2.45) is 0 Å². The lowest BCUT2D eigenvalue weighted by Gasteiger charge is -2.23. The second kappa shape index (κ2) is 8.45. The number of ketones is 1. The van der Waals surface area contributed by atoms with Crippen LogP contribution >= 0.6 is 27.3 Å². The minimum absolute atomic E-state index is 0.0677. The Morgan fingerprint density at radius 2 is 1.82 bits per heavy atom. The van der Waals surface area contributed by atoms with Crippen LogP contribution in [0.1, 0.15) is 28.3 Å². The van der Waals surface area contributed by atoms with Gasteiger partial charge >= 0.3 is 5.91 Å². The third-order valence-corrected chi connectivity index (χ3v) is 7.25. The molecule has 0 unspecified atom stereocenters. The molecule has 1 amide bonds. The monoisotopic (exact) mass is 536 g/mol. The van der Waals surface area contributed by atoms with Crippen molar-refractivity contribution >= 4 is 60.1 Å². The standard InChI is InChI=1S/C26H18BrFN2O3S/c1-13-10-14(2)21-19(11-13)34-26(29-21)30-22(16-4-3-5-17(27)12-16)20(24(32)25(30)33)23(31)15-6-8-18(28)9-7-15/h3-12,22,31H,1-2H3/t22-/m1/s1. The molecule has 170 valence electrons. The van der Waals surface area contributed by atoms with Gasteiger partial charge in [-0.05, 0) is 73.0 Å². The van der Waals surface area contributed by atoms with Gasteiger partial charge in [0.1, 0.15) is 11.6 Å². The molecule has 1 aromatic heterocycles. The number of thiazole rings is 1. The van der Waals surface area contributed by atoms with Crippen molar-refractivity contribution in [1.29, 1.82) is 0 Å². The molecule has 4 aromatic rings. The molecule has 2 heterocycles. The molecule has 8 heteroatoms. The van der Waals surface area contributed by atoms with E-state index in [0.717, 1.165) is 25.8 Å². The summed E-state index contributed by atoms with van der Waals surface area (Å²) in [5, 5.41) is 11.5. The first-order valence-electron chi connectivity index (χ1n) is 10.4. The fraction of sp³-hybridized carbons (Fsp3) is 0.115. The molecule has 0 spiro atoms. The van der Waals surface area contributed by atoms with Crippen LogP contribution in [-0.2, 0) is 9.59 Å². The number of carbonyl (C=O) groups excluding carboxylic acids is 2. The lowest BCUT2D eigenvalue weighted by molar-refractivity contribution is -0.132. The van der Waals surface area contributed by atoms with Crippen molar-refractivity contribution in [3.63, 3.8) is 0 Å². The van der Waals surface area contributed by atoms with Crippen LogP contribution in [0.4, 0.5) is 9.52 Å². The van der Waals surface area contributed by atoms with Crippen LogP contribution in [0.25, 0.3) is 16.0 Å². The van der Waals surface area contributed by atoms with E-state index in [4.69, 9.17) is 4.98 Å². The Kier molecular flexibility index (Phi) is 5.58. The Balaban J connectivity index is 1.75. The number of aryl methyl sites for hydroxylation is 2. The number of fused-ring (bicyclic) bond motifs is 1. The van der Waals surface area contributed by atoms with Gasteiger partial charge in [-0.2, -0.15) is 0 Å². The van der Waals surface area contributed by atoms with E-state index in [1.54, 1.807) is 18.2 Å². The Morgan fingerprint density at radius 1 is 1.09 bits per heavy atom. The largest absolute Gasteiger partial charge is 0.507 e. The maximum Gasteiger partial charge on any atom is 0.301 e. The number of rotatable bonds is 3. The van der Waals surface area contributed by atoms with Gasteiger partial charge in [0.2, 0.25) is 0 Å². The molecular weight excluding hydrogens is 519 g/mol. The predicted octanol–water partition coefficient (Wildman–Crippen LogP) is 6.44. The Bertz CT molecular complexity index is 1510. The van der Waals surface area contributed by atoms with Crippen molar-refractivity contribution in [1.82, 2.24) is 4.98 Å². The smallest absolute Gasteiger partial charge is 0.301 e. The summed E-state index contributed by atoms with van der Waals surface area (Å²) in [7, 11) is 0. The molecule has 34 heavy (non-hydrogen) atoms. The Morgan fingerprint density at radius 3 is 2.53 bits per heavy atom. The number of anilines is 1. The van der Waals surface area contributed by atoms with Crippen molar-refractivity contribution in [3.8, 4) is 0 Å². The number of aliphatic hydroxyl groups is 1. The van der Waals surface area contributed by atoms with Gasteiger partial charge < -0.3 is 5.11 Å². The molecule has 1 aliphatic rings. The zero-order chi connectivity index (χ0) is 24.1. The summed E-state index contributed by atoms with van der Waals surface area (Å²) < 4.78 is 15.1. The third-order valence-electron chi connectivity index (χ3n) is 5.75. The fourth-order valence-electron chi connectivity index (χ4n) is 4.25. The first-order valence-corrected chi connectivity index (χ1v) is 12.1. The molecule has 1 N–H and O–H groups in total. The quantitative estimate of drug-likeness (QED) is 0.186. The summed E-state index contributed by atoms with van der Waals surface area (Å²) in [6.45, 7) is 3.94. The highest BCUT2D eigenvalue weighted by atomic mass is 79.9. The van der Waals surface area contributed by atoms with Crippen molar-refractivity contribution < 1.29 is 19.1 Å². The second-order valence-electron chi connectivity index (χ2n) is 8.16. The van der Waals surface area contributed by atoms with Crippen LogP contribution in [0.15, 0.2) is 70.7 Å². The molecule has 1 saturated heterocycles. The lowest BCUT2D eigenvalue weighted by Crippen LogP contribution is -2.29. The van der Waals surface area contributed by atoms with Gasteiger partial charge in [0.25, 0.3) is 5.78 Å². The van der Waals surface area contributed by atoms with E-state index in [1.807, 2.05) is 32.0 Å². The average molecular weight is 537 g/mol. The van der Waals surface area contributed by atoms with Crippen LogP contribution < -0.4 is 4.90 Å². The van der Waals surface area contributed by atoms with Crippen LogP contribution in [0, 0.1) is 19.7 Å². The molecule has 0 aliphatic carbocycles. The van der Waals surface area contributed by atoms with Gasteiger partial charge in [-0.3, -0.25) is 14.5 Å². The molecule has 1 aliphatic heterocycles. The lowest BCUT2D eigenvalue weighted by atomic mass is 9.95. The number of nitrogens with zero attached hydrogens (tertiary/aromatic N) is 2. The van der Waals surface area contributed by atoms with Crippen LogP contribution in [0.3, 0.4) is 0 Å². The topological polar surface area (TPSA) is 70.5 Å². The van der Waals surface area contributed by atoms with E-state index in [1.165, 1.54) is 40.5 Å². The van der Waals surface area contributed by atoms with E-state index in [9.17, 15) is 19.1 Å². The summed E-state index contributed by atoms with van der Waals surface area (Å²) in [6.07, 6.45) is 0. The van der Waals surface area contributed by atoms with E-state index < -0.39 is 23.5 Å². The minimum Gasteiger partial charge on any atom is -0.507 e. The summed E-state index contributed by atoms with van der Waals surface area (Å²) in [4.78, 5) is 32.6. The van der Waals surface area contributed by atoms with Gasteiger partial charge in [0.05, 0.1) is 21.8 Å². The number of halogens is 2. The maximum atomic E-state index is 13.5.